The molecule has 0 fully saturated rings. The van der Waals surface area contributed by atoms with Gasteiger partial charge in [-0.25, -0.2) is 0 Å². The Balaban J connectivity index is 1.85. The number of nitrogens with one attached hydrogen (secondary N) is 1. The summed E-state index contributed by atoms with van der Waals surface area (Å²) in [6.07, 6.45) is 0. The summed E-state index contributed by atoms with van der Waals surface area (Å²) in [7, 11) is 0. The van der Waals surface area contributed by atoms with E-state index in [1.165, 1.54) is 6.07 Å². The van der Waals surface area contributed by atoms with Crippen molar-refractivity contribution in [3.63, 3.8) is 0 Å². The average Bonchev–Trinajstić information content (AvgIpc) is 2.69. The Kier molecular flexibility index (Phi) is 5.94. The fraction of sp³-hybridized carbons (Fsp3) is 0.100. The first kappa shape index (κ1) is 20.1. The first-order valence-corrected chi connectivity index (χ1v) is 8.91. The van der Waals surface area contributed by atoms with Crippen LogP contribution in [0.4, 0.5) is 17.1 Å². The van der Waals surface area contributed by atoms with Crippen LogP contribution >= 0.6 is 11.6 Å². The molecule has 0 amide bonds. The highest BCUT2D eigenvalue weighted by atomic mass is 35.5. The Morgan fingerprint density at radius 2 is 1.72 bits per heavy atom. The zero-order valence-electron chi connectivity index (χ0n) is 15.3. The molecule has 0 aliphatic carbocycles. The molecule has 148 valence electrons. The van der Waals surface area contributed by atoms with E-state index in [-0.39, 0.29) is 11.4 Å². The van der Waals surface area contributed by atoms with Gasteiger partial charge in [-0.1, -0.05) is 35.9 Å². The monoisotopic (exact) mass is 413 g/mol. The summed E-state index contributed by atoms with van der Waals surface area (Å²) < 4.78 is 5.74. The maximum atomic E-state index is 11.3. The summed E-state index contributed by atoms with van der Waals surface area (Å²) in [5.74, 6) is 0.321. The number of non-ortho nitro benzene ring substituents is 1. The third-order valence-electron chi connectivity index (χ3n) is 4.20. The van der Waals surface area contributed by atoms with Gasteiger partial charge in [-0.05, 0) is 36.8 Å². The first-order chi connectivity index (χ1) is 13.8. The summed E-state index contributed by atoms with van der Waals surface area (Å²) in [4.78, 5) is 20.8. The molecule has 3 rings (SSSR count). The van der Waals surface area contributed by atoms with Gasteiger partial charge in [0.25, 0.3) is 5.69 Å². The summed E-state index contributed by atoms with van der Waals surface area (Å²) in [6, 6.07) is 15.9. The van der Waals surface area contributed by atoms with E-state index in [2.05, 4.69) is 5.32 Å². The molecule has 0 aliphatic heterocycles. The number of ether oxygens (including phenoxy) is 1. The Morgan fingerprint density at radius 3 is 2.41 bits per heavy atom. The van der Waals surface area contributed by atoms with E-state index in [0.717, 1.165) is 28.9 Å². The van der Waals surface area contributed by atoms with Crippen molar-refractivity contribution in [1.29, 1.82) is 0 Å². The van der Waals surface area contributed by atoms with Crippen LogP contribution in [-0.4, -0.2) is 9.85 Å². The van der Waals surface area contributed by atoms with Crippen LogP contribution in [0.2, 0.25) is 5.02 Å². The number of rotatable bonds is 7. The van der Waals surface area contributed by atoms with Crippen LogP contribution in [-0.2, 0) is 6.54 Å². The van der Waals surface area contributed by atoms with Crippen molar-refractivity contribution in [2.75, 3.05) is 5.32 Å². The molecule has 0 unspecified atom stereocenters. The lowest BCUT2D eigenvalue weighted by atomic mass is 10.1. The summed E-state index contributed by atoms with van der Waals surface area (Å²) in [5.41, 5.74) is 1.67. The van der Waals surface area contributed by atoms with Crippen molar-refractivity contribution in [3.8, 4) is 11.5 Å². The minimum absolute atomic E-state index is 0.0774. The molecule has 3 aromatic rings. The molecule has 0 aliphatic rings. The van der Waals surface area contributed by atoms with Gasteiger partial charge in [0.2, 0.25) is 5.75 Å². The molecule has 29 heavy (non-hydrogen) atoms. The number of nitro benzene ring substituents is 2. The van der Waals surface area contributed by atoms with Crippen molar-refractivity contribution in [2.24, 2.45) is 0 Å². The van der Waals surface area contributed by atoms with E-state index >= 15 is 0 Å². The van der Waals surface area contributed by atoms with Crippen molar-refractivity contribution in [2.45, 2.75) is 13.5 Å². The van der Waals surface area contributed by atoms with Crippen LogP contribution in [0.25, 0.3) is 0 Å². The molecule has 0 saturated heterocycles. The zero-order chi connectivity index (χ0) is 21.0. The molecule has 0 atom stereocenters. The lowest BCUT2D eigenvalue weighted by molar-refractivity contribution is -0.394. The molecule has 0 heterocycles. The van der Waals surface area contributed by atoms with Gasteiger partial charge in [0, 0.05) is 28.9 Å². The molecule has 0 aromatic heterocycles. The molecule has 0 bridgehead atoms. The van der Waals surface area contributed by atoms with E-state index in [1.54, 1.807) is 12.1 Å². The molecule has 3 aromatic carbocycles. The number of hydrogen-bond donors (Lipinski definition) is 1. The Labute approximate surface area is 171 Å². The van der Waals surface area contributed by atoms with Crippen molar-refractivity contribution in [1.82, 2.24) is 0 Å². The van der Waals surface area contributed by atoms with Gasteiger partial charge >= 0.3 is 5.69 Å². The number of hydrogen-bond acceptors (Lipinski definition) is 6. The van der Waals surface area contributed by atoms with E-state index in [4.69, 9.17) is 16.3 Å². The topological polar surface area (TPSA) is 108 Å². The Morgan fingerprint density at radius 1 is 0.966 bits per heavy atom. The summed E-state index contributed by atoms with van der Waals surface area (Å²) in [5, 5.41) is 26.1. The van der Waals surface area contributed by atoms with Crippen LogP contribution < -0.4 is 10.1 Å². The lowest BCUT2D eigenvalue weighted by Crippen LogP contribution is -2.02. The third kappa shape index (κ3) is 4.80. The fourth-order valence-corrected chi connectivity index (χ4v) is 2.80. The normalized spacial score (nSPS) is 10.4. The predicted octanol–water partition coefficient (Wildman–Crippen LogP) is 5.87. The minimum atomic E-state index is -0.711. The highest BCUT2D eigenvalue weighted by Gasteiger charge is 2.21. The quantitative estimate of drug-likeness (QED) is 0.383. The van der Waals surface area contributed by atoms with Gasteiger partial charge in [0.15, 0.2) is 0 Å². The number of para-hydroxylation sites is 1. The molecular formula is C20H16ClN3O5. The maximum absolute atomic E-state index is 11.3. The van der Waals surface area contributed by atoms with Crippen LogP contribution in [0.15, 0.2) is 60.7 Å². The van der Waals surface area contributed by atoms with Gasteiger partial charge in [-0.3, -0.25) is 20.2 Å². The molecule has 1 N–H and O–H groups in total. The van der Waals surface area contributed by atoms with E-state index in [9.17, 15) is 20.2 Å². The average molecular weight is 414 g/mol. The molecule has 0 radical (unpaired) electrons. The van der Waals surface area contributed by atoms with Crippen LogP contribution in [0.5, 0.6) is 11.5 Å². The molecule has 9 heteroatoms. The van der Waals surface area contributed by atoms with Crippen molar-refractivity contribution >= 4 is 28.7 Å². The fourth-order valence-electron chi connectivity index (χ4n) is 2.62. The van der Waals surface area contributed by atoms with Gasteiger partial charge in [0.05, 0.1) is 15.9 Å². The standard InChI is InChI=1S/C20H16ClN3O5/c1-13-6-7-15(10-17(13)21)22-12-14-4-2-3-5-19(14)29-20-9-8-16(23(25)26)11-18(20)24(27)28/h2-11,22H,12H2,1H3. The molecule has 0 saturated carbocycles. The number of anilines is 1. The molecule has 8 nitrogen and oxygen atoms in total. The number of halogens is 1. The number of nitro groups is 2. The first-order valence-electron chi connectivity index (χ1n) is 8.54. The smallest absolute Gasteiger partial charge is 0.318 e. The summed E-state index contributed by atoms with van der Waals surface area (Å²) in [6.45, 7) is 2.29. The van der Waals surface area contributed by atoms with Gasteiger partial charge in [-0.2, -0.15) is 0 Å². The van der Waals surface area contributed by atoms with Gasteiger partial charge in [0.1, 0.15) is 5.75 Å². The SMILES string of the molecule is Cc1ccc(NCc2ccccc2Oc2ccc([N+](=O)[O-])cc2[N+](=O)[O-])cc1Cl. The highest BCUT2D eigenvalue weighted by Crippen LogP contribution is 2.35. The van der Waals surface area contributed by atoms with Crippen molar-refractivity contribution in [3.05, 3.63) is 97.0 Å². The van der Waals surface area contributed by atoms with E-state index < -0.39 is 15.5 Å². The van der Waals surface area contributed by atoms with Gasteiger partial charge < -0.3 is 10.1 Å². The van der Waals surface area contributed by atoms with E-state index in [0.29, 0.717) is 17.3 Å². The predicted molar refractivity (Wildman–Crippen MR) is 110 cm³/mol. The third-order valence-corrected chi connectivity index (χ3v) is 4.60. The van der Waals surface area contributed by atoms with Crippen LogP contribution in [0.1, 0.15) is 11.1 Å². The van der Waals surface area contributed by atoms with E-state index in [1.807, 2.05) is 37.3 Å². The highest BCUT2D eigenvalue weighted by molar-refractivity contribution is 6.31. The zero-order valence-corrected chi connectivity index (χ0v) is 16.1. The van der Waals surface area contributed by atoms with Gasteiger partial charge in [-0.15, -0.1) is 0 Å². The van der Waals surface area contributed by atoms with Crippen LogP contribution in [0.3, 0.4) is 0 Å². The summed E-state index contributed by atoms with van der Waals surface area (Å²) >= 11 is 6.14. The minimum Gasteiger partial charge on any atom is -0.450 e. The lowest BCUT2D eigenvalue weighted by Gasteiger charge is -2.13. The number of aryl methyl sites for hydroxylation is 1. The second-order valence-corrected chi connectivity index (χ2v) is 6.60. The van der Waals surface area contributed by atoms with Crippen molar-refractivity contribution < 1.29 is 14.6 Å². The van der Waals surface area contributed by atoms with Crippen LogP contribution in [0, 0.1) is 27.2 Å². The molecule has 0 spiro atoms. The second kappa shape index (κ2) is 8.57. The Hall–Kier alpha value is -3.65. The molecular weight excluding hydrogens is 398 g/mol. The largest absolute Gasteiger partial charge is 0.450 e. The maximum Gasteiger partial charge on any atom is 0.318 e. The number of nitrogens with zero attached hydrogens (tertiary/aromatic N) is 2. The second-order valence-electron chi connectivity index (χ2n) is 6.19. The Bertz CT molecular complexity index is 1090. The number of benzene rings is 3.